The molecule has 1 N–H and O–H groups in total. The molecule has 36 heavy (non-hydrogen) atoms. The van der Waals surface area contributed by atoms with Gasteiger partial charge in [-0.15, -0.1) is 10.2 Å². The lowest BCUT2D eigenvalue weighted by Crippen LogP contribution is -2.20. The van der Waals surface area contributed by atoms with Crippen molar-refractivity contribution in [1.29, 1.82) is 0 Å². The van der Waals surface area contributed by atoms with Crippen LogP contribution in [0.5, 0.6) is 0 Å². The fourth-order valence-electron chi connectivity index (χ4n) is 3.14. The highest BCUT2D eigenvalue weighted by Gasteiger charge is 2.19. The quantitative estimate of drug-likeness (QED) is 0.336. The number of aryl methyl sites for hydroxylation is 2. The molecule has 2 heterocycles. The lowest BCUT2D eigenvalue weighted by Gasteiger charge is -2.08. The molecule has 0 radical (unpaired) electrons. The van der Waals surface area contributed by atoms with Gasteiger partial charge in [0, 0.05) is 0 Å². The van der Waals surface area contributed by atoms with E-state index in [1.807, 2.05) is 26.0 Å². The summed E-state index contributed by atoms with van der Waals surface area (Å²) in [6, 6.07) is 18.1. The minimum Gasteiger partial charge on any atom is -0.282 e. The Bertz CT molecular complexity index is 1710. The van der Waals surface area contributed by atoms with Crippen molar-refractivity contribution in [3.8, 4) is 5.69 Å². The summed E-state index contributed by atoms with van der Waals surface area (Å²) in [7, 11) is -8.17. The van der Waals surface area contributed by atoms with Gasteiger partial charge in [0.05, 0.1) is 23.6 Å². The van der Waals surface area contributed by atoms with Crippen molar-refractivity contribution in [1.82, 2.24) is 30.2 Å². The SMILES string of the molecule is Cc1ccc(S(=O)(=O)O)c(-n2nnc3ccccc32)c1.Cc1ccc(S(=O)(=O)On2ccnn2)cc1. The Balaban J connectivity index is 0.000000174. The van der Waals surface area contributed by atoms with Gasteiger partial charge in [-0.05, 0) is 61.0 Å². The van der Waals surface area contributed by atoms with Crippen LogP contribution < -0.4 is 4.28 Å². The molecule has 0 aliphatic carbocycles. The highest BCUT2D eigenvalue weighted by molar-refractivity contribution is 7.87. The van der Waals surface area contributed by atoms with Gasteiger partial charge in [0.2, 0.25) is 0 Å². The largest absolute Gasteiger partial charge is 0.358 e. The van der Waals surface area contributed by atoms with E-state index in [4.69, 9.17) is 0 Å². The highest BCUT2D eigenvalue weighted by atomic mass is 32.2. The average molecular weight is 529 g/mol. The predicted octanol–water partition coefficient (Wildman–Crippen LogP) is 2.38. The molecule has 5 aromatic rings. The zero-order chi connectivity index (χ0) is 25.9. The Morgan fingerprint density at radius 3 is 2.22 bits per heavy atom. The molecule has 0 spiro atoms. The first-order valence-corrected chi connectivity index (χ1v) is 13.2. The van der Waals surface area contributed by atoms with Gasteiger partial charge >= 0.3 is 10.1 Å². The maximum Gasteiger partial charge on any atom is 0.358 e. The van der Waals surface area contributed by atoms with Crippen molar-refractivity contribution in [2.24, 2.45) is 0 Å². The summed E-state index contributed by atoms with van der Waals surface area (Å²) < 4.78 is 61.8. The Hall–Kier alpha value is -4.14. The standard InChI is InChI=1S/C13H11N3O3S.C9H9N3O3S/c1-9-6-7-13(20(17,18)19)12(8-9)16-11-5-3-2-4-10(11)14-15-16;1-8-2-4-9(5-3-8)16(13,14)15-12-7-6-10-11-12/h2-8H,1H3,(H,17,18,19);2-7H,1H3. The molecule has 5 rings (SSSR count). The number of rotatable bonds is 5. The highest BCUT2D eigenvalue weighted by Crippen LogP contribution is 2.24. The monoisotopic (exact) mass is 528 g/mol. The third-order valence-corrected chi connectivity index (χ3v) is 6.96. The van der Waals surface area contributed by atoms with Crippen molar-refractivity contribution < 1.29 is 25.7 Å². The van der Waals surface area contributed by atoms with Crippen LogP contribution in [0.3, 0.4) is 0 Å². The van der Waals surface area contributed by atoms with Gasteiger partial charge in [-0.3, -0.25) is 8.84 Å². The van der Waals surface area contributed by atoms with Crippen LogP contribution in [-0.4, -0.2) is 51.5 Å². The lowest BCUT2D eigenvalue weighted by molar-refractivity contribution is 0.233. The molecule has 0 bridgehead atoms. The van der Waals surface area contributed by atoms with Crippen LogP contribution in [-0.2, 0) is 20.2 Å². The van der Waals surface area contributed by atoms with E-state index in [0.29, 0.717) is 11.0 Å². The maximum absolute atomic E-state index is 11.7. The third kappa shape index (κ3) is 5.56. The van der Waals surface area contributed by atoms with Crippen LogP contribution in [0, 0.1) is 13.8 Å². The van der Waals surface area contributed by atoms with Crippen molar-refractivity contribution in [2.75, 3.05) is 0 Å². The van der Waals surface area contributed by atoms with Gasteiger partial charge in [0.25, 0.3) is 10.1 Å². The van der Waals surface area contributed by atoms with E-state index >= 15 is 0 Å². The van der Waals surface area contributed by atoms with E-state index in [0.717, 1.165) is 16.0 Å². The molecule has 0 fully saturated rings. The van der Waals surface area contributed by atoms with E-state index in [9.17, 15) is 21.4 Å². The summed E-state index contributed by atoms with van der Waals surface area (Å²) in [6.07, 6.45) is 2.62. The Labute approximate surface area is 206 Å². The van der Waals surface area contributed by atoms with E-state index in [-0.39, 0.29) is 15.5 Å². The van der Waals surface area contributed by atoms with Gasteiger partial charge in [0.1, 0.15) is 15.3 Å². The second kappa shape index (κ2) is 9.85. The lowest BCUT2D eigenvalue weighted by atomic mass is 10.2. The summed E-state index contributed by atoms with van der Waals surface area (Å²) in [5.74, 6) is 0. The normalized spacial score (nSPS) is 11.6. The summed E-state index contributed by atoms with van der Waals surface area (Å²) in [5, 5.41) is 14.8. The molecular weight excluding hydrogens is 508 g/mol. The Morgan fingerprint density at radius 2 is 1.56 bits per heavy atom. The fourth-order valence-corrected chi connectivity index (χ4v) is 4.63. The summed E-state index contributed by atoms with van der Waals surface area (Å²) in [6.45, 7) is 3.70. The van der Waals surface area contributed by atoms with Crippen LogP contribution in [0.25, 0.3) is 16.7 Å². The Kier molecular flexibility index (Phi) is 6.83. The average Bonchev–Trinajstić information content (AvgIpc) is 3.48. The van der Waals surface area contributed by atoms with Crippen molar-refractivity contribution >= 4 is 31.3 Å². The summed E-state index contributed by atoms with van der Waals surface area (Å²) in [4.78, 5) is 0.669. The summed E-state index contributed by atoms with van der Waals surface area (Å²) in [5.41, 5.74) is 3.42. The van der Waals surface area contributed by atoms with Gasteiger partial charge < -0.3 is 0 Å². The van der Waals surface area contributed by atoms with E-state index in [2.05, 4.69) is 24.9 Å². The van der Waals surface area contributed by atoms with Gasteiger partial charge in [0.15, 0.2) is 0 Å². The van der Waals surface area contributed by atoms with Gasteiger partial charge in [-0.2, -0.15) is 16.8 Å². The third-order valence-electron chi connectivity index (χ3n) is 4.86. The molecule has 0 unspecified atom stereocenters. The van der Waals surface area contributed by atoms with Crippen molar-refractivity contribution in [3.05, 3.63) is 90.3 Å². The van der Waals surface area contributed by atoms with Crippen molar-refractivity contribution in [2.45, 2.75) is 23.6 Å². The predicted molar refractivity (Wildman–Crippen MR) is 128 cm³/mol. The van der Waals surface area contributed by atoms with Crippen molar-refractivity contribution in [3.63, 3.8) is 0 Å². The first kappa shape index (κ1) is 25.0. The van der Waals surface area contributed by atoms with Crippen LogP contribution >= 0.6 is 0 Å². The molecule has 0 amide bonds. The van der Waals surface area contributed by atoms with Crippen LogP contribution in [0.2, 0.25) is 0 Å². The zero-order valence-electron chi connectivity index (χ0n) is 19.0. The fraction of sp³-hybridized carbons (Fsp3) is 0.0909. The second-order valence-corrected chi connectivity index (χ2v) is 10.5. The Morgan fingerprint density at radius 1 is 0.861 bits per heavy atom. The minimum atomic E-state index is -4.33. The molecule has 186 valence electrons. The molecule has 0 saturated heterocycles. The number of hydrogen-bond acceptors (Lipinski definition) is 9. The molecule has 0 aliphatic heterocycles. The number of para-hydroxylation sites is 1. The smallest absolute Gasteiger partial charge is 0.282 e. The van der Waals surface area contributed by atoms with E-state index < -0.39 is 20.2 Å². The molecule has 0 aliphatic rings. The molecule has 0 atom stereocenters. The van der Waals surface area contributed by atoms with Gasteiger partial charge in [-0.25, -0.2) is 4.68 Å². The molecule has 12 nitrogen and oxygen atoms in total. The number of nitrogens with zero attached hydrogens (tertiary/aromatic N) is 6. The van der Waals surface area contributed by atoms with Gasteiger partial charge in [-0.1, -0.05) is 46.0 Å². The zero-order valence-corrected chi connectivity index (χ0v) is 20.6. The second-order valence-electron chi connectivity index (χ2n) is 7.58. The molecule has 3 aromatic carbocycles. The number of hydrogen-bond donors (Lipinski definition) is 1. The molecule has 0 saturated carbocycles. The first-order chi connectivity index (χ1) is 17.0. The van der Waals surface area contributed by atoms with E-state index in [1.165, 1.54) is 35.3 Å². The number of aromatic nitrogens is 6. The van der Waals surface area contributed by atoms with E-state index in [1.54, 1.807) is 36.4 Å². The molecule has 2 aromatic heterocycles. The minimum absolute atomic E-state index is 0.0774. The molecule has 14 heteroatoms. The number of benzene rings is 3. The van der Waals surface area contributed by atoms with Crippen LogP contribution in [0.15, 0.2) is 88.9 Å². The maximum atomic E-state index is 11.7. The number of fused-ring (bicyclic) bond motifs is 1. The molecular formula is C22H20N6O6S2. The van der Waals surface area contributed by atoms with Crippen LogP contribution in [0.4, 0.5) is 0 Å². The first-order valence-electron chi connectivity index (χ1n) is 10.3. The summed E-state index contributed by atoms with van der Waals surface area (Å²) >= 11 is 0. The topological polar surface area (TPSA) is 159 Å². The van der Waals surface area contributed by atoms with Crippen LogP contribution in [0.1, 0.15) is 11.1 Å².